The van der Waals surface area contributed by atoms with E-state index in [9.17, 15) is 14.9 Å². The van der Waals surface area contributed by atoms with Gasteiger partial charge in [0.2, 0.25) is 5.91 Å². The van der Waals surface area contributed by atoms with Gasteiger partial charge < -0.3 is 5.32 Å². The topological polar surface area (TPSA) is 72.2 Å². The highest BCUT2D eigenvalue weighted by Gasteiger charge is 2.12. The molecule has 0 unspecified atom stereocenters. The molecule has 0 bridgehead atoms. The SMILES string of the molecule is O=C(CBr)Nc1ccc(Br)c([N+](=O)[O-])c1. The smallest absolute Gasteiger partial charge is 0.285 e. The standard InChI is InChI=1S/C8H6Br2N2O3/c9-4-8(13)11-5-1-2-6(10)7(3-5)12(14)15/h1-3H,4H2,(H,11,13). The number of hydrogen-bond donors (Lipinski definition) is 1. The molecule has 0 aliphatic carbocycles. The van der Waals surface area contributed by atoms with E-state index in [4.69, 9.17) is 0 Å². The molecule has 1 N–H and O–H groups in total. The Morgan fingerprint density at radius 2 is 2.20 bits per heavy atom. The molecule has 1 amide bonds. The fourth-order valence-corrected chi connectivity index (χ4v) is 1.46. The summed E-state index contributed by atoms with van der Waals surface area (Å²) in [5.74, 6) is -0.258. The molecule has 0 saturated heterocycles. The van der Waals surface area contributed by atoms with Crippen LogP contribution >= 0.6 is 31.9 Å². The molecule has 15 heavy (non-hydrogen) atoms. The van der Waals surface area contributed by atoms with Crippen molar-refractivity contribution < 1.29 is 9.72 Å². The van der Waals surface area contributed by atoms with Crippen LogP contribution in [0.1, 0.15) is 0 Å². The van der Waals surface area contributed by atoms with Gasteiger partial charge in [0.05, 0.1) is 14.7 Å². The summed E-state index contributed by atoms with van der Waals surface area (Å²) in [6, 6.07) is 4.39. The number of nitro groups is 1. The molecular formula is C8H6Br2N2O3. The van der Waals surface area contributed by atoms with Crippen LogP contribution in [0, 0.1) is 10.1 Å². The predicted molar refractivity (Wildman–Crippen MR) is 63.2 cm³/mol. The minimum atomic E-state index is -0.520. The summed E-state index contributed by atoms with van der Waals surface area (Å²) >= 11 is 6.03. The van der Waals surface area contributed by atoms with E-state index in [1.165, 1.54) is 12.1 Å². The van der Waals surface area contributed by atoms with Gasteiger partial charge in [-0.1, -0.05) is 15.9 Å². The number of carbonyl (C=O) groups excluding carboxylic acids is 1. The fraction of sp³-hybridized carbons (Fsp3) is 0.125. The lowest BCUT2D eigenvalue weighted by Crippen LogP contribution is -2.12. The number of rotatable bonds is 3. The number of nitrogens with one attached hydrogen (secondary N) is 1. The Hall–Kier alpha value is -0.950. The summed E-state index contributed by atoms with van der Waals surface area (Å²) in [6.45, 7) is 0. The molecular weight excluding hydrogens is 332 g/mol. The molecule has 80 valence electrons. The van der Waals surface area contributed by atoms with E-state index in [1.54, 1.807) is 6.07 Å². The van der Waals surface area contributed by atoms with Gasteiger partial charge in [-0.2, -0.15) is 0 Å². The number of amides is 1. The molecule has 0 radical (unpaired) electrons. The fourth-order valence-electron chi connectivity index (χ4n) is 0.925. The molecule has 1 aromatic carbocycles. The summed E-state index contributed by atoms with van der Waals surface area (Å²) in [5, 5.41) is 13.2. The van der Waals surface area contributed by atoms with Gasteiger partial charge in [-0.05, 0) is 28.1 Å². The van der Waals surface area contributed by atoms with E-state index in [1.807, 2.05) is 0 Å². The molecule has 5 nitrogen and oxygen atoms in total. The second-order valence-corrected chi connectivity index (χ2v) is 4.02. The highest BCUT2D eigenvalue weighted by molar-refractivity contribution is 9.10. The third-order valence-corrected chi connectivity index (χ3v) is 2.73. The molecule has 1 rings (SSSR count). The van der Waals surface area contributed by atoms with Crippen molar-refractivity contribution in [3.63, 3.8) is 0 Å². The maximum absolute atomic E-state index is 11.0. The molecule has 7 heteroatoms. The number of halogens is 2. The largest absolute Gasteiger partial charge is 0.325 e. The van der Waals surface area contributed by atoms with Crippen molar-refractivity contribution in [3.8, 4) is 0 Å². The Morgan fingerprint density at radius 1 is 1.53 bits per heavy atom. The van der Waals surface area contributed by atoms with E-state index in [0.29, 0.717) is 10.2 Å². The number of alkyl halides is 1. The lowest BCUT2D eigenvalue weighted by molar-refractivity contribution is -0.385. The molecule has 0 heterocycles. The van der Waals surface area contributed by atoms with Gasteiger partial charge in [0.15, 0.2) is 0 Å². The number of nitrogens with zero attached hydrogens (tertiary/aromatic N) is 1. The highest BCUT2D eigenvalue weighted by atomic mass is 79.9. The molecule has 0 aliphatic heterocycles. The number of carbonyl (C=O) groups is 1. The molecule has 0 aliphatic rings. The highest BCUT2D eigenvalue weighted by Crippen LogP contribution is 2.27. The van der Waals surface area contributed by atoms with Gasteiger partial charge in [-0.3, -0.25) is 14.9 Å². The van der Waals surface area contributed by atoms with Gasteiger partial charge in [-0.25, -0.2) is 0 Å². The Balaban J connectivity index is 2.97. The van der Waals surface area contributed by atoms with Gasteiger partial charge in [-0.15, -0.1) is 0 Å². The minimum absolute atomic E-state index is 0.0811. The zero-order chi connectivity index (χ0) is 11.4. The average molecular weight is 338 g/mol. The Bertz CT molecular complexity index is 409. The predicted octanol–water partition coefficient (Wildman–Crippen LogP) is 2.69. The van der Waals surface area contributed by atoms with Crippen LogP contribution in [0.15, 0.2) is 22.7 Å². The Morgan fingerprint density at radius 3 is 2.73 bits per heavy atom. The molecule has 0 atom stereocenters. The summed E-state index contributed by atoms with van der Waals surface area (Å²) in [5.41, 5.74) is 0.316. The second-order valence-electron chi connectivity index (χ2n) is 2.61. The normalized spacial score (nSPS) is 9.73. The maximum atomic E-state index is 11.0. The molecule has 0 aromatic heterocycles. The summed E-state index contributed by atoms with van der Waals surface area (Å²) in [6.07, 6.45) is 0. The zero-order valence-electron chi connectivity index (χ0n) is 7.37. The van der Waals surface area contributed by atoms with Crippen molar-refractivity contribution in [2.24, 2.45) is 0 Å². The van der Waals surface area contributed by atoms with Gasteiger partial charge >= 0.3 is 0 Å². The van der Waals surface area contributed by atoms with Crippen molar-refractivity contribution >= 4 is 49.1 Å². The summed E-state index contributed by atoms with van der Waals surface area (Å²) < 4.78 is 0.379. The third-order valence-electron chi connectivity index (χ3n) is 1.55. The van der Waals surface area contributed by atoms with Crippen LogP contribution in [-0.2, 0) is 4.79 Å². The summed E-state index contributed by atoms with van der Waals surface area (Å²) in [7, 11) is 0. The van der Waals surface area contributed by atoms with Gasteiger partial charge in [0.25, 0.3) is 5.69 Å². The first-order valence-corrected chi connectivity index (χ1v) is 5.76. The van der Waals surface area contributed by atoms with Crippen molar-refractivity contribution in [3.05, 3.63) is 32.8 Å². The van der Waals surface area contributed by atoms with Crippen LogP contribution in [0.25, 0.3) is 0 Å². The number of benzene rings is 1. The number of nitro benzene ring substituents is 1. The monoisotopic (exact) mass is 336 g/mol. The van der Waals surface area contributed by atoms with E-state index in [2.05, 4.69) is 37.2 Å². The van der Waals surface area contributed by atoms with Gasteiger partial charge in [0.1, 0.15) is 0 Å². The third kappa shape index (κ3) is 3.28. The molecule has 0 fully saturated rings. The molecule has 0 saturated carbocycles. The van der Waals surface area contributed by atoms with Gasteiger partial charge in [0, 0.05) is 11.8 Å². The van der Waals surface area contributed by atoms with Crippen molar-refractivity contribution in [1.29, 1.82) is 0 Å². The first-order chi connectivity index (χ1) is 7.04. The second kappa shape index (κ2) is 5.22. The van der Waals surface area contributed by atoms with Crippen LogP contribution in [0.5, 0.6) is 0 Å². The molecule has 0 spiro atoms. The Labute approximate surface area is 102 Å². The van der Waals surface area contributed by atoms with E-state index < -0.39 is 4.92 Å². The maximum Gasteiger partial charge on any atom is 0.285 e. The summed E-state index contributed by atoms with van der Waals surface area (Å²) in [4.78, 5) is 21.1. The van der Waals surface area contributed by atoms with Crippen molar-refractivity contribution in [2.75, 3.05) is 10.6 Å². The van der Waals surface area contributed by atoms with Crippen molar-refractivity contribution in [1.82, 2.24) is 0 Å². The van der Waals surface area contributed by atoms with Crippen LogP contribution in [0.4, 0.5) is 11.4 Å². The number of hydrogen-bond acceptors (Lipinski definition) is 3. The zero-order valence-corrected chi connectivity index (χ0v) is 10.5. The minimum Gasteiger partial charge on any atom is -0.325 e. The first kappa shape index (κ1) is 12.1. The average Bonchev–Trinajstić information content (AvgIpc) is 2.20. The molecule has 1 aromatic rings. The van der Waals surface area contributed by atoms with E-state index in [-0.39, 0.29) is 16.9 Å². The Kier molecular flexibility index (Phi) is 4.22. The van der Waals surface area contributed by atoms with Crippen LogP contribution < -0.4 is 5.32 Å². The van der Waals surface area contributed by atoms with Crippen LogP contribution in [-0.4, -0.2) is 16.2 Å². The number of anilines is 1. The van der Waals surface area contributed by atoms with Crippen LogP contribution in [0.3, 0.4) is 0 Å². The first-order valence-electron chi connectivity index (χ1n) is 3.84. The van der Waals surface area contributed by atoms with Crippen molar-refractivity contribution in [2.45, 2.75) is 0 Å². The van der Waals surface area contributed by atoms with E-state index in [0.717, 1.165) is 0 Å². The quantitative estimate of drug-likeness (QED) is 0.523. The lowest BCUT2D eigenvalue weighted by atomic mass is 10.3. The van der Waals surface area contributed by atoms with E-state index >= 15 is 0 Å². The van der Waals surface area contributed by atoms with Crippen LogP contribution in [0.2, 0.25) is 0 Å². The lowest BCUT2D eigenvalue weighted by Gasteiger charge is -2.03.